The van der Waals surface area contributed by atoms with E-state index in [1.807, 2.05) is 18.2 Å². The van der Waals surface area contributed by atoms with Gasteiger partial charge in [-0.1, -0.05) is 42.5 Å². The molecule has 0 aromatic heterocycles. The van der Waals surface area contributed by atoms with E-state index in [2.05, 4.69) is 29.1 Å². The molecule has 0 aliphatic rings. The van der Waals surface area contributed by atoms with Gasteiger partial charge in [0.15, 0.2) is 0 Å². The van der Waals surface area contributed by atoms with E-state index < -0.39 is 42.1 Å². The van der Waals surface area contributed by atoms with Crippen molar-refractivity contribution in [2.75, 3.05) is 13.2 Å². The van der Waals surface area contributed by atoms with Gasteiger partial charge in [-0.3, -0.25) is 9.59 Å². The van der Waals surface area contributed by atoms with E-state index in [0.717, 1.165) is 5.56 Å². The van der Waals surface area contributed by atoms with Gasteiger partial charge in [-0.05, 0) is 32.3 Å². The number of rotatable bonds is 16. The first-order valence-electron chi connectivity index (χ1n) is 11.8. The predicted octanol–water partition coefficient (Wildman–Crippen LogP) is 1.98. The molecule has 4 N–H and O–H groups in total. The SMILES string of the molecule is C=CC[C@@H](CC(=O)N[C@H](C)CO)C(=O)NC[C@H](C)OC(=O)[C@@H](CC=C)NC(=O)OCc1ccccc1. The van der Waals surface area contributed by atoms with Gasteiger partial charge in [0, 0.05) is 12.5 Å². The Labute approximate surface area is 212 Å². The van der Waals surface area contributed by atoms with E-state index >= 15 is 0 Å². The van der Waals surface area contributed by atoms with Gasteiger partial charge in [-0.2, -0.15) is 0 Å². The highest BCUT2D eigenvalue weighted by atomic mass is 16.6. The number of carbonyl (C=O) groups excluding carboxylic acids is 4. The first-order valence-corrected chi connectivity index (χ1v) is 11.8. The largest absolute Gasteiger partial charge is 0.459 e. The van der Waals surface area contributed by atoms with E-state index in [9.17, 15) is 19.2 Å². The van der Waals surface area contributed by atoms with E-state index in [1.54, 1.807) is 32.1 Å². The van der Waals surface area contributed by atoms with Gasteiger partial charge in [-0.15, -0.1) is 13.2 Å². The Hall–Kier alpha value is -3.66. The third-order valence-electron chi connectivity index (χ3n) is 5.01. The molecule has 0 fully saturated rings. The molecule has 0 aliphatic carbocycles. The summed E-state index contributed by atoms with van der Waals surface area (Å²) in [6.45, 7) is 10.3. The molecular weight excluding hydrogens is 466 g/mol. The van der Waals surface area contributed by atoms with Gasteiger partial charge in [0.2, 0.25) is 11.8 Å². The van der Waals surface area contributed by atoms with Crippen LogP contribution in [0.1, 0.15) is 38.7 Å². The zero-order chi connectivity index (χ0) is 26.9. The van der Waals surface area contributed by atoms with Crippen LogP contribution in [0.3, 0.4) is 0 Å². The molecule has 198 valence electrons. The van der Waals surface area contributed by atoms with Crippen LogP contribution < -0.4 is 16.0 Å². The maximum atomic E-state index is 12.6. The maximum absolute atomic E-state index is 12.6. The molecule has 0 heterocycles. The molecule has 10 nitrogen and oxygen atoms in total. The van der Waals surface area contributed by atoms with Gasteiger partial charge in [-0.25, -0.2) is 9.59 Å². The Bertz CT molecular complexity index is 876. The third kappa shape index (κ3) is 12.2. The van der Waals surface area contributed by atoms with Gasteiger partial charge in [0.25, 0.3) is 0 Å². The summed E-state index contributed by atoms with van der Waals surface area (Å²) in [5, 5.41) is 16.8. The highest BCUT2D eigenvalue weighted by Crippen LogP contribution is 2.10. The van der Waals surface area contributed by atoms with Crippen LogP contribution in [-0.2, 0) is 30.5 Å². The number of carbonyl (C=O) groups is 4. The van der Waals surface area contributed by atoms with Crippen LogP contribution in [-0.4, -0.2) is 60.3 Å². The van der Waals surface area contributed by atoms with E-state index in [4.69, 9.17) is 14.6 Å². The molecule has 0 unspecified atom stereocenters. The van der Waals surface area contributed by atoms with Crippen molar-refractivity contribution >= 4 is 23.9 Å². The van der Waals surface area contributed by atoms with Crippen LogP contribution in [0.2, 0.25) is 0 Å². The number of hydrogen-bond donors (Lipinski definition) is 4. The molecule has 36 heavy (non-hydrogen) atoms. The number of aliphatic hydroxyl groups excluding tert-OH is 1. The Morgan fingerprint density at radius 1 is 1.03 bits per heavy atom. The number of esters is 1. The van der Waals surface area contributed by atoms with Gasteiger partial charge in [0.05, 0.1) is 19.1 Å². The second-order valence-electron chi connectivity index (χ2n) is 8.35. The second kappa shape index (κ2) is 16.9. The van der Waals surface area contributed by atoms with Crippen molar-refractivity contribution in [2.24, 2.45) is 5.92 Å². The van der Waals surface area contributed by atoms with Gasteiger partial charge in [0.1, 0.15) is 18.8 Å². The molecule has 0 spiro atoms. The number of nitrogens with one attached hydrogen (secondary N) is 3. The summed E-state index contributed by atoms with van der Waals surface area (Å²) in [6, 6.07) is 7.67. The van der Waals surface area contributed by atoms with Crippen molar-refractivity contribution in [3.8, 4) is 0 Å². The molecule has 0 radical (unpaired) electrons. The maximum Gasteiger partial charge on any atom is 0.408 e. The van der Waals surface area contributed by atoms with Crippen molar-refractivity contribution in [1.29, 1.82) is 0 Å². The number of alkyl carbamates (subject to hydrolysis) is 1. The van der Waals surface area contributed by atoms with Crippen molar-refractivity contribution in [1.82, 2.24) is 16.0 Å². The fourth-order valence-electron chi connectivity index (χ4n) is 3.09. The lowest BCUT2D eigenvalue weighted by atomic mass is 9.99. The number of allylic oxidation sites excluding steroid dienone is 1. The molecule has 10 heteroatoms. The molecule has 1 aromatic carbocycles. The van der Waals surface area contributed by atoms with Crippen molar-refractivity contribution < 1.29 is 33.8 Å². The Balaban J connectivity index is 2.55. The smallest absolute Gasteiger partial charge is 0.408 e. The average molecular weight is 504 g/mol. The number of hydrogen-bond acceptors (Lipinski definition) is 7. The Morgan fingerprint density at radius 3 is 2.31 bits per heavy atom. The molecule has 0 saturated carbocycles. The summed E-state index contributed by atoms with van der Waals surface area (Å²) in [5.41, 5.74) is 0.801. The van der Waals surface area contributed by atoms with Gasteiger partial charge < -0.3 is 30.5 Å². The summed E-state index contributed by atoms with van der Waals surface area (Å²) in [5.74, 6) is -2.12. The summed E-state index contributed by atoms with van der Waals surface area (Å²) in [7, 11) is 0. The van der Waals surface area contributed by atoms with Crippen LogP contribution in [0.5, 0.6) is 0 Å². The van der Waals surface area contributed by atoms with E-state index in [1.165, 1.54) is 6.08 Å². The Kier molecular flexibility index (Phi) is 14.2. The molecule has 1 rings (SSSR count). The highest BCUT2D eigenvalue weighted by molar-refractivity contribution is 5.86. The zero-order valence-corrected chi connectivity index (χ0v) is 20.9. The molecule has 0 aliphatic heterocycles. The molecule has 0 saturated heterocycles. The van der Waals surface area contributed by atoms with Crippen molar-refractivity contribution in [2.45, 2.75) is 57.9 Å². The minimum absolute atomic E-state index is 0.00609. The van der Waals surface area contributed by atoms with Crippen LogP contribution in [0.4, 0.5) is 4.79 Å². The van der Waals surface area contributed by atoms with Crippen LogP contribution in [0.25, 0.3) is 0 Å². The fraction of sp³-hybridized carbons (Fsp3) is 0.462. The lowest BCUT2D eigenvalue weighted by Crippen LogP contribution is -2.44. The number of ether oxygens (including phenoxy) is 2. The predicted molar refractivity (Wildman–Crippen MR) is 135 cm³/mol. The van der Waals surface area contributed by atoms with Crippen molar-refractivity contribution in [3.05, 3.63) is 61.2 Å². The summed E-state index contributed by atoms with van der Waals surface area (Å²) in [6.07, 6.45) is 1.86. The summed E-state index contributed by atoms with van der Waals surface area (Å²) in [4.78, 5) is 49.4. The molecule has 0 bridgehead atoms. The minimum Gasteiger partial charge on any atom is -0.459 e. The summed E-state index contributed by atoms with van der Waals surface area (Å²) >= 11 is 0. The monoisotopic (exact) mass is 503 g/mol. The number of amides is 3. The van der Waals surface area contributed by atoms with Crippen LogP contribution in [0, 0.1) is 5.92 Å². The normalized spacial score (nSPS) is 13.8. The van der Waals surface area contributed by atoms with Crippen LogP contribution >= 0.6 is 0 Å². The Morgan fingerprint density at radius 2 is 1.69 bits per heavy atom. The minimum atomic E-state index is -1.00. The first-order chi connectivity index (χ1) is 17.2. The molecule has 1 aromatic rings. The van der Waals surface area contributed by atoms with E-state index in [0.29, 0.717) is 0 Å². The molecule has 3 amide bonds. The summed E-state index contributed by atoms with van der Waals surface area (Å²) < 4.78 is 10.5. The standard InChI is InChI=1S/C26H37N3O7/c1-5-10-21(14-23(31)28-18(3)16-30)24(32)27-15-19(4)36-25(33)22(11-6-2)29-26(34)35-17-20-12-8-7-9-13-20/h5-9,12-13,18-19,21-22,30H,1-2,10-11,14-17H2,3-4H3,(H,27,32)(H,28,31)(H,29,34)/t18-,19+,21+,22-/m1/s1. The number of benzene rings is 1. The van der Waals surface area contributed by atoms with E-state index in [-0.39, 0.29) is 44.9 Å². The average Bonchev–Trinajstić information content (AvgIpc) is 2.85. The lowest BCUT2D eigenvalue weighted by Gasteiger charge is -2.21. The quantitative estimate of drug-likeness (QED) is 0.200. The second-order valence-corrected chi connectivity index (χ2v) is 8.35. The topological polar surface area (TPSA) is 143 Å². The molecular formula is C26H37N3O7. The molecule has 4 atom stereocenters. The first kappa shape index (κ1) is 30.4. The van der Waals surface area contributed by atoms with Gasteiger partial charge >= 0.3 is 12.1 Å². The number of aliphatic hydroxyl groups is 1. The zero-order valence-electron chi connectivity index (χ0n) is 20.9. The lowest BCUT2D eigenvalue weighted by molar-refractivity contribution is -0.151. The van der Waals surface area contributed by atoms with Crippen LogP contribution in [0.15, 0.2) is 55.6 Å². The highest BCUT2D eigenvalue weighted by Gasteiger charge is 2.25. The fourth-order valence-corrected chi connectivity index (χ4v) is 3.09. The third-order valence-corrected chi connectivity index (χ3v) is 5.01. The van der Waals surface area contributed by atoms with Crippen molar-refractivity contribution in [3.63, 3.8) is 0 Å².